The van der Waals surface area contributed by atoms with Gasteiger partial charge in [0.2, 0.25) is 0 Å². The van der Waals surface area contributed by atoms with Gasteiger partial charge in [0.25, 0.3) is 0 Å². The zero-order valence-electron chi connectivity index (χ0n) is 11.7. The number of rotatable bonds is 6. The van der Waals surface area contributed by atoms with Crippen molar-refractivity contribution in [2.24, 2.45) is 5.92 Å². The molecule has 2 rings (SSSR count). The average molecular weight is 275 g/mol. The zero-order chi connectivity index (χ0) is 14.5. The molecule has 20 heavy (non-hydrogen) atoms. The first-order chi connectivity index (χ1) is 9.60. The Morgan fingerprint density at radius 1 is 1.30 bits per heavy atom. The number of hydrogen-bond donors (Lipinski definition) is 0. The largest absolute Gasteiger partial charge is 0.296 e. The Bertz CT molecular complexity index is 575. The Balaban J connectivity index is 2.21. The van der Waals surface area contributed by atoms with Crippen molar-refractivity contribution in [3.05, 3.63) is 47.0 Å². The van der Waals surface area contributed by atoms with Crippen LogP contribution in [0.5, 0.6) is 0 Å². The highest BCUT2D eigenvalue weighted by Crippen LogP contribution is 2.14. The lowest BCUT2D eigenvalue weighted by Gasteiger charge is -2.08. The summed E-state index contributed by atoms with van der Waals surface area (Å²) in [5, 5.41) is 7.93. The molecule has 0 atom stereocenters. The highest BCUT2D eigenvalue weighted by molar-refractivity contribution is 5.73. The normalized spacial score (nSPS) is 11.0. The molecule has 1 aromatic heterocycles. The summed E-state index contributed by atoms with van der Waals surface area (Å²) < 4.78 is 14.7. The Hall–Kier alpha value is -2.04. The molecule has 1 aromatic carbocycles. The summed E-state index contributed by atoms with van der Waals surface area (Å²) >= 11 is 0. The standard InChI is InChI=1S/C15H18FN3O/c1-11(2)7-8-19-15(14(10-20)17-18-19)9-12-3-5-13(16)6-4-12/h3-6,10-11H,7-9H2,1-2H3. The number of carbonyl (C=O) groups excluding carboxylic acids is 1. The van der Waals surface area contributed by atoms with Crippen molar-refractivity contribution in [1.29, 1.82) is 0 Å². The summed E-state index contributed by atoms with van der Waals surface area (Å²) in [7, 11) is 0. The van der Waals surface area contributed by atoms with Crippen LogP contribution in [0.25, 0.3) is 0 Å². The number of carbonyl (C=O) groups is 1. The van der Waals surface area contributed by atoms with E-state index in [0.29, 0.717) is 18.0 Å². The number of aryl methyl sites for hydroxylation is 1. The third kappa shape index (κ3) is 3.50. The van der Waals surface area contributed by atoms with Gasteiger partial charge in [0, 0.05) is 13.0 Å². The first-order valence-corrected chi connectivity index (χ1v) is 6.72. The second-order valence-electron chi connectivity index (χ2n) is 5.25. The molecular weight excluding hydrogens is 257 g/mol. The Morgan fingerprint density at radius 3 is 2.60 bits per heavy atom. The smallest absolute Gasteiger partial charge is 0.172 e. The van der Waals surface area contributed by atoms with Crippen molar-refractivity contribution in [3.8, 4) is 0 Å². The van der Waals surface area contributed by atoms with Crippen LogP contribution in [-0.4, -0.2) is 21.3 Å². The van der Waals surface area contributed by atoms with Gasteiger partial charge < -0.3 is 0 Å². The number of aldehydes is 1. The van der Waals surface area contributed by atoms with Crippen molar-refractivity contribution in [1.82, 2.24) is 15.0 Å². The van der Waals surface area contributed by atoms with Gasteiger partial charge in [-0.15, -0.1) is 5.10 Å². The van der Waals surface area contributed by atoms with Crippen molar-refractivity contribution in [3.63, 3.8) is 0 Å². The van der Waals surface area contributed by atoms with Gasteiger partial charge in [0.15, 0.2) is 6.29 Å². The molecule has 0 saturated heterocycles. The fourth-order valence-corrected chi connectivity index (χ4v) is 1.98. The van der Waals surface area contributed by atoms with Crippen LogP contribution in [0.2, 0.25) is 0 Å². The predicted molar refractivity (Wildman–Crippen MR) is 74.1 cm³/mol. The minimum Gasteiger partial charge on any atom is -0.296 e. The summed E-state index contributed by atoms with van der Waals surface area (Å²) in [5.41, 5.74) is 2.08. The van der Waals surface area contributed by atoms with E-state index >= 15 is 0 Å². The van der Waals surface area contributed by atoms with Crippen molar-refractivity contribution >= 4 is 6.29 Å². The number of hydrogen-bond acceptors (Lipinski definition) is 3. The third-order valence-corrected chi connectivity index (χ3v) is 3.18. The maximum atomic E-state index is 12.9. The van der Waals surface area contributed by atoms with Crippen LogP contribution in [-0.2, 0) is 13.0 Å². The zero-order valence-corrected chi connectivity index (χ0v) is 11.7. The van der Waals surface area contributed by atoms with E-state index in [-0.39, 0.29) is 5.82 Å². The lowest BCUT2D eigenvalue weighted by molar-refractivity contribution is 0.111. The maximum Gasteiger partial charge on any atom is 0.172 e. The number of aromatic nitrogens is 3. The van der Waals surface area contributed by atoms with E-state index < -0.39 is 0 Å². The molecule has 4 nitrogen and oxygen atoms in total. The molecule has 0 amide bonds. The summed E-state index contributed by atoms with van der Waals surface area (Å²) in [6.45, 7) is 5.00. The highest BCUT2D eigenvalue weighted by atomic mass is 19.1. The minimum absolute atomic E-state index is 0.268. The topological polar surface area (TPSA) is 47.8 Å². The van der Waals surface area contributed by atoms with Crippen molar-refractivity contribution in [2.45, 2.75) is 33.2 Å². The molecule has 0 N–H and O–H groups in total. The Labute approximate surface area is 117 Å². The van der Waals surface area contributed by atoms with Gasteiger partial charge in [0.05, 0.1) is 5.69 Å². The van der Waals surface area contributed by atoms with E-state index in [2.05, 4.69) is 24.2 Å². The second-order valence-corrected chi connectivity index (χ2v) is 5.25. The molecule has 0 spiro atoms. The van der Waals surface area contributed by atoms with Gasteiger partial charge in [0.1, 0.15) is 11.5 Å². The number of halogens is 1. The second kappa shape index (κ2) is 6.41. The Kier molecular flexibility index (Phi) is 4.61. The molecule has 0 unspecified atom stereocenters. The first-order valence-electron chi connectivity index (χ1n) is 6.72. The fraction of sp³-hybridized carbons (Fsp3) is 0.400. The van der Waals surface area contributed by atoms with E-state index in [1.54, 1.807) is 16.8 Å². The van der Waals surface area contributed by atoms with Crippen molar-refractivity contribution in [2.75, 3.05) is 0 Å². The molecule has 106 valence electrons. The van der Waals surface area contributed by atoms with Crippen LogP contribution >= 0.6 is 0 Å². The maximum absolute atomic E-state index is 12.9. The van der Waals surface area contributed by atoms with Crippen LogP contribution in [0.3, 0.4) is 0 Å². The van der Waals surface area contributed by atoms with E-state index in [1.165, 1.54) is 12.1 Å². The van der Waals surface area contributed by atoms with Gasteiger partial charge in [-0.3, -0.25) is 4.79 Å². The van der Waals surface area contributed by atoms with Crippen LogP contribution in [0.1, 0.15) is 42.0 Å². The minimum atomic E-state index is -0.268. The molecule has 0 bridgehead atoms. The summed E-state index contributed by atoms with van der Waals surface area (Å²) in [4.78, 5) is 11.0. The van der Waals surface area contributed by atoms with E-state index in [9.17, 15) is 9.18 Å². The summed E-state index contributed by atoms with van der Waals surface area (Å²) in [5.74, 6) is 0.286. The predicted octanol–water partition coefficient (Wildman–Crippen LogP) is 2.87. The molecule has 0 aliphatic rings. The summed E-state index contributed by atoms with van der Waals surface area (Å²) in [6, 6.07) is 6.25. The highest BCUT2D eigenvalue weighted by Gasteiger charge is 2.13. The molecule has 1 heterocycles. The van der Waals surface area contributed by atoms with Crippen LogP contribution < -0.4 is 0 Å². The monoisotopic (exact) mass is 275 g/mol. The quantitative estimate of drug-likeness (QED) is 0.762. The number of benzene rings is 1. The molecular formula is C15H18FN3O. The molecule has 0 saturated carbocycles. The lowest BCUT2D eigenvalue weighted by Crippen LogP contribution is -2.09. The average Bonchev–Trinajstić information content (AvgIpc) is 2.81. The molecule has 0 radical (unpaired) electrons. The van der Waals surface area contributed by atoms with E-state index in [4.69, 9.17) is 0 Å². The van der Waals surface area contributed by atoms with E-state index in [1.807, 2.05) is 0 Å². The van der Waals surface area contributed by atoms with Gasteiger partial charge in [-0.05, 0) is 30.0 Å². The van der Waals surface area contributed by atoms with E-state index in [0.717, 1.165) is 30.5 Å². The van der Waals surface area contributed by atoms with Crippen LogP contribution in [0.4, 0.5) is 4.39 Å². The SMILES string of the molecule is CC(C)CCn1nnc(C=O)c1Cc1ccc(F)cc1. The van der Waals surface area contributed by atoms with Crippen molar-refractivity contribution < 1.29 is 9.18 Å². The summed E-state index contributed by atoms with van der Waals surface area (Å²) in [6.07, 6.45) is 2.22. The molecule has 0 fully saturated rings. The van der Waals surface area contributed by atoms with Gasteiger partial charge in [-0.25, -0.2) is 9.07 Å². The first kappa shape index (κ1) is 14.4. The van der Waals surface area contributed by atoms with Gasteiger partial charge in [-0.2, -0.15) is 0 Å². The molecule has 0 aliphatic heterocycles. The van der Waals surface area contributed by atoms with Crippen LogP contribution in [0, 0.1) is 11.7 Å². The van der Waals surface area contributed by atoms with Gasteiger partial charge >= 0.3 is 0 Å². The van der Waals surface area contributed by atoms with Crippen LogP contribution in [0.15, 0.2) is 24.3 Å². The molecule has 5 heteroatoms. The fourth-order valence-electron chi connectivity index (χ4n) is 1.98. The number of nitrogens with zero attached hydrogens (tertiary/aromatic N) is 3. The molecule has 0 aliphatic carbocycles. The van der Waals surface area contributed by atoms with Gasteiger partial charge in [-0.1, -0.05) is 31.2 Å². The molecule has 2 aromatic rings. The third-order valence-electron chi connectivity index (χ3n) is 3.18. The Morgan fingerprint density at radius 2 is 2.00 bits per heavy atom. The lowest BCUT2D eigenvalue weighted by atomic mass is 10.1.